The van der Waals surface area contributed by atoms with E-state index in [1.807, 2.05) is 0 Å². The summed E-state index contributed by atoms with van der Waals surface area (Å²) in [6, 6.07) is 4.75. The van der Waals surface area contributed by atoms with Gasteiger partial charge in [0.2, 0.25) is 5.75 Å². The van der Waals surface area contributed by atoms with Crippen molar-refractivity contribution in [2.24, 2.45) is 5.73 Å². The number of hydrogen-bond acceptors (Lipinski definition) is 5. The van der Waals surface area contributed by atoms with Crippen LogP contribution in [0.25, 0.3) is 0 Å². The molecule has 0 saturated heterocycles. The van der Waals surface area contributed by atoms with Crippen molar-refractivity contribution in [1.82, 2.24) is 0 Å². The zero-order chi connectivity index (χ0) is 13.8. The van der Waals surface area contributed by atoms with Crippen molar-refractivity contribution < 1.29 is 14.4 Å². The van der Waals surface area contributed by atoms with Gasteiger partial charge in [-0.25, -0.2) is 0 Å². The Hall–Kier alpha value is -1.82. The Labute approximate surface area is 111 Å². The minimum Gasteiger partial charge on any atom is -0.497 e. The van der Waals surface area contributed by atoms with Crippen LogP contribution < -0.4 is 15.2 Å². The summed E-state index contributed by atoms with van der Waals surface area (Å²) in [7, 11) is 1.52. The predicted octanol–water partition coefficient (Wildman–Crippen LogP) is 2.25. The fourth-order valence-corrected chi connectivity index (χ4v) is 2.25. The third-order valence-corrected chi connectivity index (χ3v) is 3.38. The molecule has 0 radical (unpaired) electrons. The summed E-state index contributed by atoms with van der Waals surface area (Å²) >= 11 is 0. The van der Waals surface area contributed by atoms with Crippen LogP contribution in [0.2, 0.25) is 0 Å². The summed E-state index contributed by atoms with van der Waals surface area (Å²) in [5.41, 5.74) is 5.80. The third-order valence-electron chi connectivity index (χ3n) is 3.38. The Morgan fingerprint density at radius 3 is 2.58 bits per heavy atom. The fourth-order valence-electron chi connectivity index (χ4n) is 2.25. The Morgan fingerprint density at radius 1 is 1.32 bits per heavy atom. The number of hydrogen-bond donors (Lipinski definition) is 1. The Bertz CT molecular complexity index is 456. The van der Waals surface area contributed by atoms with Gasteiger partial charge in [-0.05, 0) is 31.7 Å². The number of nitro benzene ring substituents is 1. The average molecular weight is 266 g/mol. The van der Waals surface area contributed by atoms with Crippen molar-refractivity contribution in [3.8, 4) is 11.5 Å². The molecule has 1 fully saturated rings. The highest BCUT2D eigenvalue weighted by molar-refractivity contribution is 5.50. The molecule has 1 aromatic rings. The van der Waals surface area contributed by atoms with E-state index in [9.17, 15) is 10.1 Å². The molecular formula is C13H18N2O4. The normalized spacial score (nSPS) is 22.8. The van der Waals surface area contributed by atoms with Gasteiger partial charge in [-0.2, -0.15) is 0 Å². The number of methoxy groups -OCH3 is 1. The van der Waals surface area contributed by atoms with Crippen molar-refractivity contribution in [3.63, 3.8) is 0 Å². The van der Waals surface area contributed by atoms with Crippen LogP contribution in [-0.2, 0) is 0 Å². The highest BCUT2D eigenvalue weighted by atomic mass is 16.6. The number of nitrogens with two attached hydrogens (primary N) is 1. The van der Waals surface area contributed by atoms with Gasteiger partial charge in [0.1, 0.15) is 5.75 Å². The van der Waals surface area contributed by atoms with Crippen LogP contribution in [-0.4, -0.2) is 24.2 Å². The minimum absolute atomic E-state index is 0.00870. The summed E-state index contributed by atoms with van der Waals surface area (Å²) in [5.74, 6) is 0.818. The summed E-state index contributed by atoms with van der Waals surface area (Å²) in [6.45, 7) is 0. The largest absolute Gasteiger partial charge is 0.497 e. The number of benzene rings is 1. The van der Waals surface area contributed by atoms with E-state index in [-0.39, 0.29) is 23.6 Å². The van der Waals surface area contributed by atoms with Gasteiger partial charge in [0.25, 0.3) is 0 Å². The van der Waals surface area contributed by atoms with Gasteiger partial charge in [0.05, 0.1) is 18.1 Å². The maximum absolute atomic E-state index is 11.0. The van der Waals surface area contributed by atoms with Crippen LogP contribution in [0.1, 0.15) is 25.7 Å². The van der Waals surface area contributed by atoms with E-state index < -0.39 is 4.92 Å². The van der Waals surface area contributed by atoms with E-state index in [1.165, 1.54) is 13.2 Å². The molecule has 6 nitrogen and oxygen atoms in total. The lowest BCUT2D eigenvalue weighted by atomic mass is 9.94. The first-order chi connectivity index (χ1) is 9.10. The Morgan fingerprint density at radius 2 is 2.00 bits per heavy atom. The van der Waals surface area contributed by atoms with Crippen molar-refractivity contribution in [2.75, 3.05) is 7.11 Å². The number of rotatable bonds is 4. The lowest BCUT2D eigenvalue weighted by molar-refractivity contribution is -0.386. The molecule has 0 bridgehead atoms. The molecule has 2 N–H and O–H groups in total. The van der Waals surface area contributed by atoms with Crippen LogP contribution in [0.15, 0.2) is 18.2 Å². The van der Waals surface area contributed by atoms with Gasteiger partial charge in [0.15, 0.2) is 0 Å². The summed E-state index contributed by atoms with van der Waals surface area (Å²) in [4.78, 5) is 10.5. The molecule has 0 aromatic heterocycles. The van der Waals surface area contributed by atoms with Crippen molar-refractivity contribution in [1.29, 1.82) is 0 Å². The number of ether oxygens (including phenoxy) is 2. The molecule has 6 heteroatoms. The first kappa shape index (κ1) is 13.6. The summed E-state index contributed by atoms with van der Waals surface area (Å²) < 4.78 is 10.8. The quantitative estimate of drug-likeness (QED) is 0.667. The summed E-state index contributed by atoms with van der Waals surface area (Å²) in [5, 5.41) is 11.0. The zero-order valence-electron chi connectivity index (χ0n) is 10.9. The second-order valence-electron chi connectivity index (χ2n) is 4.75. The van der Waals surface area contributed by atoms with E-state index >= 15 is 0 Å². The van der Waals surface area contributed by atoms with Crippen LogP contribution in [0, 0.1) is 10.1 Å². The lowest BCUT2D eigenvalue weighted by Gasteiger charge is -2.26. The van der Waals surface area contributed by atoms with Crippen molar-refractivity contribution in [3.05, 3.63) is 28.3 Å². The second-order valence-corrected chi connectivity index (χ2v) is 4.75. The Balaban J connectivity index is 2.15. The second kappa shape index (κ2) is 5.88. The van der Waals surface area contributed by atoms with Gasteiger partial charge in [-0.3, -0.25) is 10.1 Å². The fraction of sp³-hybridized carbons (Fsp3) is 0.538. The standard InChI is InChI=1S/C13H18N2O4/c1-18-11-6-7-12(15(16)17)13(8-11)19-10-4-2-9(14)3-5-10/h6-10H,2-5,14H2,1H3. The van der Waals surface area contributed by atoms with Gasteiger partial charge in [-0.1, -0.05) is 0 Å². The lowest BCUT2D eigenvalue weighted by Crippen LogP contribution is -2.31. The predicted molar refractivity (Wildman–Crippen MR) is 70.5 cm³/mol. The molecule has 0 unspecified atom stereocenters. The molecule has 104 valence electrons. The topological polar surface area (TPSA) is 87.6 Å². The molecule has 0 heterocycles. The monoisotopic (exact) mass is 266 g/mol. The molecule has 1 aromatic carbocycles. The molecule has 0 spiro atoms. The van der Waals surface area contributed by atoms with Gasteiger partial charge in [0, 0.05) is 18.2 Å². The summed E-state index contributed by atoms with van der Waals surface area (Å²) in [6.07, 6.45) is 3.43. The molecular weight excluding hydrogens is 248 g/mol. The number of nitrogens with zero attached hydrogens (tertiary/aromatic N) is 1. The first-order valence-electron chi connectivity index (χ1n) is 6.35. The number of nitro groups is 1. The first-order valence-corrected chi connectivity index (χ1v) is 6.35. The van der Waals surface area contributed by atoms with Crippen LogP contribution in [0.3, 0.4) is 0 Å². The zero-order valence-corrected chi connectivity index (χ0v) is 10.9. The van der Waals surface area contributed by atoms with E-state index in [2.05, 4.69) is 0 Å². The third kappa shape index (κ3) is 3.35. The van der Waals surface area contributed by atoms with Crippen LogP contribution in [0.4, 0.5) is 5.69 Å². The van der Waals surface area contributed by atoms with E-state index in [0.717, 1.165) is 25.7 Å². The van der Waals surface area contributed by atoms with Crippen molar-refractivity contribution >= 4 is 5.69 Å². The van der Waals surface area contributed by atoms with E-state index in [1.54, 1.807) is 12.1 Å². The molecule has 1 aliphatic rings. The van der Waals surface area contributed by atoms with Gasteiger partial charge in [-0.15, -0.1) is 0 Å². The molecule has 1 saturated carbocycles. The average Bonchev–Trinajstić information content (AvgIpc) is 2.41. The van der Waals surface area contributed by atoms with Crippen LogP contribution >= 0.6 is 0 Å². The minimum atomic E-state index is -0.441. The van der Waals surface area contributed by atoms with Gasteiger partial charge >= 0.3 is 5.69 Å². The van der Waals surface area contributed by atoms with E-state index in [4.69, 9.17) is 15.2 Å². The van der Waals surface area contributed by atoms with E-state index in [0.29, 0.717) is 5.75 Å². The molecule has 1 aliphatic carbocycles. The molecule has 0 atom stereocenters. The smallest absolute Gasteiger partial charge is 0.311 e. The molecule has 2 rings (SSSR count). The highest BCUT2D eigenvalue weighted by Gasteiger charge is 2.24. The Kier molecular flexibility index (Phi) is 4.21. The molecule has 0 amide bonds. The maximum atomic E-state index is 11.0. The van der Waals surface area contributed by atoms with Gasteiger partial charge < -0.3 is 15.2 Å². The molecule has 0 aliphatic heterocycles. The SMILES string of the molecule is COc1ccc([N+](=O)[O-])c(OC2CCC(N)CC2)c1. The maximum Gasteiger partial charge on any atom is 0.311 e. The van der Waals surface area contributed by atoms with Crippen molar-refractivity contribution in [2.45, 2.75) is 37.8 Å². The van der Waals surface area contributed by atoms with Crippen LogP contribution in [0.5, 0.6) is 11.5 Å². The molecule has 19 heavy (non-hydrogen) atoms. The highest BCUT2D eigenvalue weighted by Crippen LogP contribution is 2.33.